The fourth-order valence-electron chi connectivity index (χ4n) is 0.989. The first-order valence-electron chi connectivity index (χ1n) is 5.05. The third-order valence-corrected chi connectivity index (χ3v) is 2.63. The minimum atomic E-state index is 0.787. The van der Waals surface area contributed by atoms with Crippen molar-refractivity contribution in [3.05, 3.63) is 0 Å². The standard InChI is InChI=1S/C10H23NS/c1-4-12-8-6-5-7-11-9-10(2)3/h10-11H,4-9H2,1-3H3. The second-order valence-corrected chi connectivity index (χ2v) is 4.90. The first-order chi connectivity index (χ1) is 5.77. The van der Waals surface area contributed by atoms with Crippen LogP contribution >= 0.6 is 11.8 Å². The highest BCUT2D eigenvalue weighted by molar-refractivity contribution is 7.99. The Kier molecular flexibility index (Phi) is 9.64. The van der Waals surface area contributed by atoms with E-state index in [1.54, 1.807) is 0 Å². The van der Waals surface area contributed by atoms with Gasteiger partial charge in [0.15, 0.2) is 0 Å². The second-order valence-electron chi connectivity index (χ2n) is 3.50. The third kappa shape index (κ3) is 10.3. The lowest BCUT2D eigenvalue weighted by Crippen LogP contribution is -2.20. The van der Waals surface area contributed by atoms with Crippen molar-refractivity contribution in [3.63, 3.8) is 0 Å². The maximum absolute atomic E-state index is 3.45. The van der Waals surface area contributed by atoms with E-state index in [4.69, 9.17) is 0 Å². The van der Waals surface area contributed by atoms with Crippen molar-refractivity contribution in [3.8, 4) is 0 Å². The van der Waals surface area contributed by atoms with Crippen molar-refractivity contribution < 1.29 is 0 Å². The number of rotatable bonds is 8. The number of hydrogen-bond acceptors (Lipinski definition) is 2. The van der Waals surface area contributed by atoms with Gasteiger partial charge in [-0.15, -0.1) is 0 Å². The van der Waals surface area contributed by atoms with Crippen LogP contribution in [0.25, 0.3) is 0 Å². The van der Waals surface area contributed by atoms with Gasteiger partial charge in [0.1, 0.15) is 0 Å². The topological polar surface area (TPSA) is 12.0 Å². The fourth-order valence-corrected chi connectivity index (χ4v) is 1.69. The van der Waals surface area contributed by atoms with E-state index in [0.29, 0.717) is 0 Å². The Labute approximate surface area is 81.7 Å². The van der Waals surface area contributed by atoms with Crippen molar-refractivity contribution in [1.29, 1.82) is 0 Å². The summed E-state index contributed by atoms with van der Waals surface area (Å²) in [5.41, 5.74) is 0. The molecule has 74 valence electrons. The monoisotopic (exact) mass is 189 g/mol. The molecule has 0 spiro atoms. The lowest BCUT2D eigenvalue weighted by molar-refractivity contribution is 0.541. The molecule has 0 amide bonds. The van der Waals surface area contributed by atoms with Crippen LogP contribution in [0.15, 0.2) is 0 Å². The van der Waals surface area contributed by atoms with Gasteiger partial charge >= 0.3 is 0 Å². The van der Waals surface area contributed by atoms with Gasteiger partial charge in [-0.25, -0.2) is 0 Å². The van der Waals surface area contributed by atoms with Gasteiger partial charge in [-0.3, -0.25) is 0 Å². The summed E-state index contributed by atoms with van der Waals surface area (Å²) in [5, 5.41) is 3.45. The molecule has 0 rings (SSSR count). The lowest BCUT2D eigenvalue weighted by atomic mass is 10.2. The van der Waals surface area contributed by atoms with Crippen LogP contribution in [0.4, 0.5) is 0 Å². The molecular weight excluding hydrogens is 166 g/mol. The minimum absolute atomic E-state index is 0.787. The highest BCUT2D eigenvalue weighted by atomic mass is 32.2. The van der Waals surface area contributed by atoms with Crippen LogP contribution in [0.3, 0.4) is 0 Å². The van der Waals surface area contributed by atoms with Crippen LogP contribution in [0.2, 0.25) is 0 Å². The largest absolute Gasteiger partial charge is 0.316 e. The van der Waals surface area contributed by atoms with Crippen LogP contribution in [0, 0.1) is 5.92 Å². The van der Waals surface area contributed by atoms with Gasteiger partial charge in [0.2, 0.25) is 0 Å². The molecular formula is C10H23NS. The summed E-state index contributed by atoms with van der Waals surface area (Å²) >= 11 is 2.04. The van der Waals surface area contributed by atoms with Gasteiger partial charge in [-0.1, -0.05) is 20.8 Å². The van der Waals surface area contributed by atoms with Crippen LogP contribution in [0.5, 0.6) is 0 Å². The zero-order chi connectivity index (χ0) is 9.23. The highest BCUT2D eigenvalue weighted by Crippen LogP contribution is 2.02. The Morgan fingerprint density at radius 1 is 1.25 bits per heavy atom. The number of thioether (sulfide) groups is 1. The Morgan fingerprint density at radius 2 is 2.00 bits per heavy atom. The summed E-state index contributed by atoms with van der Waals surface area (Å²) < 4.78 is 0. The van der Waals surface area contributed by atoms with Crippen molar-refractivity contribution >= 4 is 11.8 Å². The van der Waals surface area contributed by atoms with Gasteiger partial charge in [0.25, 0.3) is 0 Å². The predicted octanol–water partition coefficient (Wildman–Crippen LogP) is 2.77. The summed E-state index contributed by atoms with van der Waals surface area (Å²) in [6, 6.07) is 0. The molecule has 2 heteroatoms. The molecule has 1 N–H and O–H groups in total. The Morgan fingerprint density at radius 3 is 2.58 bits per heavy atom. The highest BCUT2D eigenvalue weighted by Gasteiger charge is 1.92. The molecule has 0 unspecified atom stereocenters. The van der Waals surface area contributed by atoms with E-state index in [9.17, 15) is 0 Å². The van der Waals surface area contributed by atoms with E-state index in [-0.39, 0.29) is 0 Å². The molecule has 0 fully saturated rings. The van der Waals surface area contributed by atoms with Gasteiger partial charge in [0.05, 0.1) is 0 Å². The maximum atomic E-state index is 3.45. The maximum Gasteiger partial charge on any atom is -0.00258 e. The van der Waals surface area contributed by atoms with Crippen molar-refractivity contribution in [2.75, 3.05) is 24.6 Å². The zero-order valence-electron chi connectivity index (χ0n) is 8.73. The third-order valence-electron chi connectivity index (χ3n) is 1.65. The van der Waals surface area contributed by atoms with Gasteiger partial charge in [-0.05, 0) is 43.4 Å². The van der Waals surface area contributed by atoms with E-state index < -0.39 is 0 Å². The Bertz CT molecular complexity index is 83.9. The van der Waals surface area contributed by atoms with Crippen LogP contribution in [-0.2, 0) is 0 Å². The summed E-state index contributed by atoms with van der Waals surface area (Å²) in [7, 11) is 0. The smallest absolute Gasteiger partial charge is 0.00258 e. The van der Waals surface area contributed by atoms with E-state index in [1.807, 2.05) is 11.8 Å². The minimum Gasteiger partial charge on any atom is -0.316 e. The van der Waals surface area contributed by atoms with Crippen molar-refractivity contribution in [2.24, 2.45) is 5.92 Å². The van der Waals surface area contributed by atoms with Crippen LogP contribution in [-0.4, -0.2) is 24.6 Å². The predicted molar refractivity (Wildman–Crippen MR) is 59.9 cm³/mol. The Hall–Kier alpha value is 0.310. The zero-order valence-corrected chi connectivity index (χ0v) is 9.54. The SMILES string of the molecule is CCSCCCCNCC(C)C. The molecule has 0 saturated heterocycles. The molecule has 0 aliphatic heterocycles. The normalized spacial score (nSPS) is 11.0. The number of unbranched alkanes of at least 4 members (excludes halogenated alkanes) is 1. The molecule has 1 nitrogen and oxygen atoms in total. The molecule has 0 bridgehead atoms. The Balaban J connectivity index is 2.82. The molecule has 12 heavy (non-hydrogen) atoms. The molecule has 0 saturated carbocycles. The lowest BCUT2D eigenvalue weighted by Gasteiger charge is -2.06. The summed E-state index contributed by atoms with van der Waals surface area (Å²) in [5.74, 6) is 3.38. The van der Waals surface area contributed by atoms with Crippen LogP contribution < -0.4 is 5.32 Å². The van der Waals surface area contributed by atoms with Gasteiger partial charge in [-0.2, -0.15) is 11.8 Å². The van der Waals surface area contributed by atoms with Gasteiger partial charge < -0.3 is 5.32 Å². The first-order valence-corrected chi connectivity index (χ1v) is 6.21. The van der Waals surface area contributed by atoms with E-state index in [2.05, 4.69) is 26.1 Å². The van der Waals surface area contributed by atoms with Crippen LogP contribution in [0.1, 0.15) is 33.6 Å². The van der Waals surface area contributed by atoms with Crippen molar-refractivity contribution in [2.45, 2.75) is 33.6 Å². The van der Waals surface area contributed by atoms with E-state index >= 15 is 0 Å². The second kappa shape index (κ2) is 9.40. The first kappa shape index (κ1) is 12.3. The van der Waals surface area contributed by atoms with E-state index in [1.165, 1.54) is 37.4 Å². The quantitative estimate of drug-likeness (QED) is 0.589. The fraction of sp³-hybridized carbons (Fsp3) is 1.00. The average Bonchev–Trinajstić information content (AvgIpc) is 2.02. The summed E-state index contributed by atoms with van der Waals surface area (Å²) in [4.78, 5) is 0. The number of nitrogens with one attached hydrogen (secondary N) is 1. The molecule has 0 aromatic heterocycles. The molecule has 0 heterocycles. The summed E-state index contributed by atoms with van der Waals surface area (Å²) in [6.07, 6.45) is 2.70. The van der Waals surface area contributed by atoms with Gasteiger partial charge in [0, 0.05) is 0 Å². The molecule has 0 aliphatic carbocycles. The molecule has 0 radical (unpaired) electrons. The molecule has 0 atom stereocenters. The summed E-state index contributed by atoms with van der Waals surface area (Å²) in [6.45, 7) is 9.09. The number of hydrogen-bond donors (Lipinski definition) is 1. The molecule has 0 aromatic rings. The molecule has 0 aliphatic rings. The molecule has 0 aromatic carbocycles. The van der Waals surface area contributed by atoms with Crippen molar-refractivity contribution in [1.82, 2.24) is 5.32 Å². The van der Waals surface area contributed by atoms with E-state index in [0.717, 1.165) is 5.92 Å². The average molecular weight is 189 g/mol.